The molecule has 1 unspecified atom stereocenters. The van der Waals surface area contributed by atoms with Crippen molar-refractivity contribution in [1.82, 2.24) is 10.2 Å². The van der Waals surface area contributed by atoms with Crippen LogP contribution in [0.25, 0.3) is 0 Å². The number of amides is 2. The molecule has 1 aliphatic heterocycles. The van der Waals surface area contributed by atoms with Crippen molar-refractivity contribution in [1.29, 1.82) is 0 Å². The predicted octanol–water partition coefficient (Wildman–Crippen LogP) is 3.18. The number of primary amides is 1. The molecule has 4 rings (SSSR count). The largest absolute Gasteiger partial charge is 0.497 e. The number of hydrogen-bond acceptors (Lipinski definition) is 6. The predicted molar refractivity (Wildman–Crippen MR) is 136 cm³/mol. The number of methoxy groups -OCH3 is 1. The first kappa shape index (κ1) is 25.2. The molecule has 1 fully saturated rings. The minimum absolute atomic E-state index is 0.0144. The Morgan fingerprint density at radius 1 is 1.03 bits per heavy atom. The third-order valence-electron chi connectivity index (χ3n) is 6.18. The number of benzene rings is 3. The minimum atomic E-state index is -0.551. The Balaban J connectivity index is 1.42. The lowest BCUT2D eigenvalue weighted by atomic mass is 10.0. The van der Waals surface area contributed by atoms with E-state index in [1.807, 2.05) is 36.4 Å². The Labute approximate surface area is 211 Å². The highest BCUT2D eigenvalue weighted by Gasteiger charge is 2.23. The molecule has 1 atom stereocenters. The zero-order valence-corrected chi connectivity index (χ0v) is 20.3. The van der Waals surface area contributed by atoms with Gasteiger partial charge in [0.1, 0.15) is 18.1 Å². The van der Waals surface area contributed by atoms with Gasteiger partial charge in [0, 0.05) is 25.2 Å². The average Bonchev–Trinajstić information content (AvgIpc) is 2.93. The van der Waals surface area contributed by atoms with Crippen molar-refractivity contribution in [3.8, 4) is 11.5 Å². The van der Waals surface area contributed by atoms with Crippen molar-refractivity contribution < 1.29 is 23.8 Å². The molecule has 0 bridgehead atoms. The van der Waals surface area contributed by atoms with Crippen LogP contribution in [0.1, 0.15) is 37.9 Å². The van der Waals surface area contributed by atoms with E-state index in [1.165, 1.54) is 0 Å². The van der Waals surface area contributed by atoms with E-state index >= 15 is 0 Å². The molecule has 1 aliphatic rings. The third kappa shape index (κ3) is 6.41. The second kappa shape index (κ2) is 12.2. The van der Waals surface area contributed by atoms with E-state index in [-0.39, 0.29) is 18.6 Å². The summed E-state index contributed by atoms with van der Waals surface area (Å²) in [5.41, 5.74) is 8.19. The first-order valence-electron chi connectivity index (χ1n) is 11.9. The van der Waals surface area contributed by atoms with Crippen LogP contribution in [-0.2, 0) is 11.3 Å². The van der Waals surface area contributed by atoms with Gasteiger partial charge in [0.25, 0.3) is 11.8 Å². The second-order valence-electron chi connectivity index (χ2n) is 8.50. The van der Waals surface area contributed by atoms with Gasteiger partial charge in [0.2, 0.25) is 0 Å². The van der Waals surface area contributed by atoms with E-state index in [2.05, 4.69) is 10.2 Å². The summed E-state index contributed by atoms with van der Waals surface area (Å²) in [6, 6.07) is 22.0. The molecule has 1 heterocycles. The van der Waals surface area contributed by atoms with Gasteiger partial charge >= 0.3 is 0 Å². The van der Waals surface area contributed by atoms with Gasteiger partial charge in [-0.05, 0) is 47.5 Å². The average molecular weight is 490 g/mol. The Hall–Kier alpha value is -3.88. The summed E-state index contributed by atoms with van der Waals surface area (Å²) in [5, 5.41) is 3.09. The number of nitrogens with zero attached hydrogens (tertiary/aromatic N) is 1. The summed E-state index contributed by atoms with van der Waals surface area (Å²) in [7, 11) is 1.64. The summed E-state index contributed by atoms with van der Waals surface area (Å²) in [6.45, 7) is 3.59. The van der Waals surface area contributed by atoms with Crippen LogP contribution in [0.5, 0.6) is 11.5 Å². The molecule has 0 spiro atoms. The number of nitrogens with one attached hydrogen (secondary N) is 1. The molecule has 8 heteroatoms. The lowest BCUT2D eigenvalue weighted by molar-refractivity contribution is 0.0162. The van der Waals surface area contributed by atoms with E-state index in [1.54, 1.807) is 43.5 Å². The first-order chi connectivity index (χ1) is 17.5. The van der Waals surface area contributed by atoms with Gasteiger partial charge in [0.05, 0.1) is 31.9 Å². The highest BCUT2D eigenvalue weighted by molar-refractivity contribution is 5.95. The van der Waals surface area contributed by atoms with Gasteiger partial charge in [-0.2, -0.15) is 0 Å². The SMILES string of the molecule is COc1ccc(C(CNC(=O)c2cccc(COc3ccccc3C(N)=O)c2)N2CCOCC2)cc1. The van der Waals surface area contributed by atoms with Gasteiger partial charge in [-0.25, -0.2) is 0 Å². The van der Waals surface area contributed by atoms with Crippen LogP contribution in [0.4, 0.5) is 0 Å². The molecule has 0 aliphatic carbocycles. The molecule has 3 aromatic carbocycles. The summed E-state index contributed by atoms with van der Waals surface area (Å²) in [5.74, 6) is 0.486. The van der Waals surface area contributed by atoms with Crippen molar-refractivity contribution in [3.63, 3.8) is 0 Å². The van der Waals surface area contributed by atoms with Crippen LogP contribution in [-0.4, -0.2) is 56.7 Å². The maximum absolute atomic E-state index is 13.1. The molecule has 188 valence electrons. The molecule has 0 radical (unpaired) electrons. The van der Waals surface area contributed by atoms with Gasteiger partial charge < -0.3 is 25.3 Å². The number of rotatable bonds is 10. The fraction of sp³-hybridized carbons (Fsp3) is 0.286. The number of morpholine rings is 1. The number of hydrogen-bond donors (Lipinski definition) is 2. The van der Waals surface area contributed by atoms with Crippen molar-refractivity contribution in [3.05, 3.63) is 95.1 Å². The van der Waals surface area contributed by atoms with Crippen LogP contribution >= 0.6 is 0 Å². The number of nitrogens with two attached hydrogens (primary N) is 1. The highest BCUT2D eigenvalue weighted by Crippen LogP contribution is 2.24. The zero-order valence-electron chi connectivity index (χ0n) is 20.3. The quantitative estimate of drug-likeness (QED) is 0.454. The maximum atomic E-state index is 13.1. The molecule has 3 N–H and O–H groups in total. The van der Waals surface area contributed by atoms with Crippen LogP contribution in [0.3, 0.4) is 0 Å². The second-order valence-corrected chi connectivity index (χ2v) is 8.50. The molecular formula is C28H31N3O5. The molecule has 3 aromatic rings. The van der Waals surface area contributed by atoms with Gasteiger partial charge in [-0.3, -0.25) is 14.5 Å². The molecule has 36 heavy (non-hydrogen) atoms. The zero-order chi connectivity index (χ0) is 25.3. The third-order valence-corrected chi connectivity index (χ3v) is 6.18. The first-order valence-corrected chi connectivity index (χ1v) is 11.9. The van der Waals surface area contributed by atoms with Gasteiger partial charge in [-0.15, -0.1) is 0 Å². The van der Waals surface area contributed by atoms with E-state index in [0.29, 0.717) is 36.6 Å². The molecule has 1 saturated heterocycles. The van der Waals surface area contributed by atoms with Crippen LogP contribution in [0, 0.1) is 0 Å². The van der Waals surface area contributed by atoms with Crippen molar-refractivity contribution in [2.24, 2.45) is 5.73 Å². The molecule has 8 nitrogen and oxygen atoms in total. The Bertz CT molecular complexity index is 1180. The van der Waals surface area contributed by atoms with Gasteiger partial charge in [0.15, 0.2) is 0 Å². The van der Waals surface area contributed by atoms with E-state index in [9.17, 15) is 9.59 Å². The minimum Gasteiger partial charge on any atom is -0.497 e. The summed E-state index contributed by atoms with van der Waals surface area (Å²) < 4.78 is 16.6. The fourth-order valence-electron chi connectivity index (χ4n) is 4.22. The normalized spacial score (nSPS) is 14.6. The van der Waals surface area contributed by atoms with E-state index < -0.39 is 5.91 Å². The van der Waals surface area contributed by atoms with Crippen molar-refractivity contribution in [2.75, 3.05) is 40.0 Å². The number of carbonyl (C=O) groups is 2. The van der Waals surface area contributed by atoms with Crippen LogP contribution < -0.4 is 20.5 Å². The van der Waals surface area contributed by atoms with E-state index in [4.69, 9.17) is 19.9 Å². The summed E-state index contributed by atoms with van der Waals surface area (Å²) in [4.78, 5) is 27.0. The van der Waals surface area contributed by atoms with Crippen molar-refractivity contribution in [2.45, 2.75) is 12.6 Å². The number of para-hydroxylation sites is 1. The highest BCUT2D eigenvalue weighted by atomic mass is 16.5. The number of carbonyl (C=O) groups excluding carboxylic acids is 2. The standard InChI is InChI=1S/C28H31N3O5/c1-34-23-11-9-21(10-12-23)25(31-13-15-35-16-14-31)18-30-28(33)22-6-4-5-20(17-22)19-36-26-8-3-2-7-24(26)27(29)32/h2-12,17,25H,13-16,18-19H2,1H3,(H2,29,32)(H,30,33). The van der Waals surface area contributed by atoms with Crippen LogP contribution in [0.2, 0.25) is 0 Å². The topological polar surface area (TPSA) is 103 Å². The van der Waals surface area contributed by atoms with E-state index in [0.717, 1.165) is 30.0 Å². The summed E-state index contributed by atoms with van der Waals surface area (Å²) >= 11 is 0. The van der Waals surface area contributed by atoms with Gasteiger partial charge in [-0.1, -0.05) is 36.4 Å². The molecular weight excluding hydrogens is 458 g/mol. The Morgan fingerprint density at radius 3 is 2.50 bits per heavy atom. The Morgan fingerprint density at radius 2 is 1.78 bits per heavy atom. The van der Waals surface area contributed by atoms with Crippen LogP contribution in [0.15, 0.2) is 72.8 Å². The number of ether oxygens (including phenoxy) is 3. The molecule has 0 aromatic heterocycles. The van der Waals surface area contributed by atoms with Crippen molar-refractivity contribution >= 4 is 11.8 Å². The summed E-state index contributed by atoms with van der Waals surface area (Å²) in [6.07, 6.45) is 0. The Kier molecular flexibility index (Phi) is 8.54. The maximum Gasteiger partial charge on any atom is 0.252 e. The monoisotopic (exact) mass is 489 g/mol. The molecule has 0 saturated carbocycles. The molecule has 2 amide bonds. The smallest absolute Gasteiger partial charge is 0.252 e. The lowest BCUT2D eigenvalue weighted by Crippen LogP contribution is -2.43. The fourth-order valence-corrected chi connectivity index (χ4v) is 4.22. The lowest BCUT2D eigenvalue weighted by Gasteiger charge is -2.35.